The first kappa shape index (κ1) is 35.0. The Morgan fingerprint density at radius 1 is 1.00 bits per heavy atom. The minimum atomic E-state index is -2.74. The first-order valence-corrected chi connectivity index (χ1v) is 13.6. The Labute approximate surface area is 249 Å². The van der Waals surface area contributed by atoms with Gasteiger partial charge in [-0.3, -0.25) is 19.3 Å². The molecule has 0 bridgehead atoms. The summed E-state index contributed by atoms with van der Waals surface area (Å²) in [5.74, 6) is -3.98. The fraction of sp³-hybridized carbons (Fsp3) is 0.467. The van der Waals surface area contributed by atoms with Crippen molar-refractivity contribution >= 4 is 23.8 Å². The zero-order valence-electron chi connectivity index (χ0n) is 24.6. The summed E-state index contributed by atoms with van der Waals surface area (Å²) in [5, 5.41) is 36.8. The van der Waals surface area contributed by atoms with Crippen LogP contribution in [-0.4, -0.2) is 81.0 Å². The van der Waals surface area contributed by atoms with Crippen molar-refractivity contribution in [3.8, 4) is 11.5 Å². The lowest BCUT2D eigenvalue weighted by molar-refractivity contribution is -0.170. The molecule has 13 heteroatoms. The van der Waals surface area contributed by atoms with Gasteiger partial charge in [0.05, 0.1) is 31.6 Å². The van der Waals surface area contributed by atoms with Crippen molar-refractivity contribution in [2.24, 2.45) is 0 Å². The van der Waals surface area contributed by atoms with Crippen LogP contribution in [0.15, 0.2) is 42.5 Å². The van der Waals surface area contributed by atoms with Crippen molar-refractivity contribution in [2.45, 2.75) is 70.2 Å². The molecule has 0 unspecified atom stereocenters. The molecule has 1 aliphatic heterocycles. The third kappa shape index (κ3) is 10.2. The van der Waals surface area contributed by atoms with Crippen LogP contribution >= 0.6 is 0 Å². The molecule has 43 heavy (non-hydrogen) atoms. The molecule has 1 saturated heterocycles. The Kier molecular flexibility index (Phi) is 12.4. The Morgan fingerprint density at radius 3 is 2.05 bits per heavy atom. The van der Waals surface area contributed by atoms with Crippen molar-refractivity contribution in [1.82, 2.24) is 10.2 Å². The maximum atomic E-state index is 14.5. The first-order valence-electron chi connectivity index (χ1n) is 13.6. The predicted octanol–water partition coefficient (Wildman–Crippen LogP) is 3.00. The molecule has 1 heterocycles. The van der Waals surface area contributed by atoms with Crippen LogP contribution in [0.25, 0.3) is 0 Å². The molecule has 5 N–H and O–H groups in total. The van der Waals surface area contributed by atoms with Crippen LogP contribution in [0.3, 0.4) is 0 Å². The molecular formula is C30H39FN2O10. The minimum absolute atomic E-state index is 0.0760. The van der Waals surface area contributed by atoms with E-state index in [1.54, 1.807) is 19.2 Å². The van der Waals surface area contributed by atoms with E-state index in [0.29, 0.717) is 18.4 Å². The highest BCUT2D eigenvalue weighted by Gasteiger charge is 2.41. The van der Waals surface area contributed by atoms with Crippen molar-refractivity contribution in [2.75, 3.05) is 20.2 Å². The quantitative estimate of drug-likeness (QED) is 0.239. The van der Waals surface area contributed by atoms with E-state index in [-0.39, 0.29) is 17.8 Å². The van der Waals surface area contributed by atoms with E-state index in [2.05, 4.69) is 10.2 Å². The first-order chi connectivity index (χ1) is 20.1. The number of piperidine rings is 1. The maximum Gasteiger partial charge on any atom is 0.336 e. The molecule has 0 spiro atoms. The van der Waals surface area contributed by atoms with Crippen molar-refractivity contribution in [1.29, 1.82) is 0 Å². The molecule has 0 atom stereocenters. The third-order valence-electron chi connectivity index (χ3n) is 6.80. The molecule has 3 rings (SSSR count). The largest absolute Gasteiger partial charge is 0.493 e. The van der Waals surface area contributed by atoms with Crippen LogP contribution in [-0.2, 0) is 31.3 Å². The van der Waals surface area contributed by atoms with E-state index in [9.17, 15) is 23.6 Å². The van der Waals surface area contributed by atoms with Crippen molar-refractivity contribution < 1.29 is 53.5 Å². The standard InChI is InChI=1S/C24H31FN2O3.C6H8O7/c1-17(2)30-22-10-9-19(15-23(22)29-4)16-27-13-11-24(12-14-27,26-18(3)28)20-7-5-6-8-21(20)25;7-3(8)1-6(13,5(11)12)2-4(9)10/h5-10,15,17H,11-14,16H2,1-4H3,(H,26,28);13H,1-2H2,(H,7,8)(H,9,10)(H,11,12). The number of halogens is 1. The highest BCUT2D eigenvalue weighted by Crippen LogP contribution is 2.36. The van der Waals surface area contributed by atoms with E-state index in [1.165, 1.54) is 13.0 Å². The highest BCUT2D eigenvalue weighted by molar-refractivity contribution is 5.88. The summed E-state index contributed by atoms with van der Waals surface area (Å²) in [6.07, 6.45) is -0.908. The number of amides is 1. The Morgan fingerprint density at radius 2 is 1.58 bits per heavy atom. The van der Waals surface area contributed by atoms with Crippen LogP contribution in [0, 0.1) is 5.82 Å². The topological polar surface area (TPSA) is 183 Å². The number of benzene rings is 2. The number of hydrogen-bond acceptors (Lipinski definition) is 8. The van der Waals surface area contributed by atoms with Gasteiger partial charge in [0.15, 0.2) is 17.1 Å². The molecule has 0 radical (unpaired) electrons. The van der Waals surface area contributed by atoms with Gasteiger partial charge < -0.3 is 35.2 Å². The van der Waals surface area contributed by atoms with Crippen LogP contribution in [0.5, 0.6) is 11.5 Å². The van der Waals surface area contributed by atoms with Gasteiger partial charge in [0.2, 0.25) is 5.91 Å². The normalized spacial score (nSPS) is 14.7. The number of rotatable bonds is 12. The number of aliphatic carboxylic acids is 3. The smallest absolute Gasteiger partial charge is 0.336 e. The monoisotopic (exact) mass is 606 g/mol. The second-order valence-corrected chi connectivity index (χ2v) is 10.6. The molecule has 1 aliphatic rings. The number of ether oxygens (including phenoxy) is 2. The molecule has 12 nitrogen and oxygen atoms in total. The SMILES string of the molecule is COc1cc(CN2CCC(NC(C)=O)(c3ccccc3F)CC2)ccc1OC(C)C.O=C(O)CC(O)(CC(=O)O)C(=O)O. The van der Waals surface area contributed by atoms with Gasteiger partial charge >= 0.3 is 17.9 Å². The molecule has 2 aromatic rings. The molecule has 0 saturated carbocycles. The number of carbonyl (C=O) groups is 4. The second kappa shape index (κ2) is 15.3. The third-order valence-corrected chi connectivity index (χ3v) is 6.80. The Balaban J connectivity index is 0.000000420. The highest BCUT2D eigenvalue weighted by atomic mass is 19.1. The zero-order valence-corrected chi connectivity index (χ0v) is 24.6. The Hall–Kier alpha value is -4.23. The molecule has 0 aliphatic carbocycles. The lowest BCUT2D eigenvalue weighted by Crippen LogP contribution is -2.52. The second-order valence-electron chi connectivity index (χ2n) is 10.6. The number of hydrogen-bond donors (Lipinski definition) is 5. The molecule has 236 valence electrons. The van der Waals surface area contributed by atoms with E-state index in [1.807, 2.05) is 38.1 Å². The van der Waals surface area contributed by atoms with Gasteiger partial charge in [-0.25, -0.2) is 9.18 Å². The zero-order chi connectivity index (χ0) is 32.4. The van der Waals surface area contributed by atoms with Gasteiger partial charge in [0, 0.05) is 32.1 Å². The summed E-state index contributed by atoms with van der Waals surface area (Å²) in [6, 6.07) is 12.7. The average molecular weight is 607 g/mol. The van der Waals surface area contributed by atoms with Crippen molar-refractivity contribution in [3.63, 3.8) is 0 Å². The van der Waals surface area contributed by atoms with Gasteiger partial charge in [0.25, 0.3) is 0 Å². The van der Waals surface area contributed by atoms with Crippen LogP contribution in [0.1, 0.15) is 57.6 Å². The number of nitrogens with zero attached hydrogens (tertiary/aromatic N) is 1. The number of methoxy groups -OCH3 is 1. The van der Waals surface area contributed by atoms with Gasteiger partial charge in [-0.1, -0.05) is 24.3 Å². The summed E-state index contributed by atoms with van der Waals surface area (Å²) in [7, 11) is 1.64. The average Bonchev–Trinajstić information content (AvgIpc) is 2.89. The fourth-order valence-electron chi connectivity index (χ4n) is 4.87. The summed E-state index contributed by atoms with van der Waals surface area (Å²) >= 11 is 0. The van der Waals surface area contributed by atoms with Gasteiger partial charge in [0.1, 0.15) is 5.82 Å². The van der Waals surface area contributed by atoms with Gasteiger partial charge in [-0.2, -0.15) is 0 Å². The maximum absolute atomic E-state index is 14.5. The van der Waals surface area contributed by atoms with Gasteiger partial charge in [-0.15, -0.1) is 0 Å². The van der Waals surface area contributed by atoms with Gasteiger partial charge in [-0.05, 0) is 50.5 Å². The molecule has 1 fully saturated rings. The lowest BCUT2D eigenvalue weighted by atomic mass is 9.80. The minimum Gasteiger partial charge on any atom is -0.493 e. The molecule has 0 aromatic heterocycles. The van der Waals surface area contributed by atoms with Crippen LogP contribution < -0.4 is 14.8 Å². The summed E-state index contributed by atoms with van der Waals surface area (Å²) in [4.78, 5) is 44.7. The van der Waals surface area contributed by atoms with E-state index >= 15 is 0 Å². The number of nitrogens with one attached hydrogen (secondary N) is 1. The fourth-order valence-corrected chi connectivity index (χ4v) is 4.87. The Bertz CT molecular complexity index is 1280. The summed E-state index contributed by atoms with van der Waals surface area (Å²) in [6.45, 7) is 7.71. The number of carbonyl (C=O) groups excluding carboxylic acids is 1. The molecule has 1 amide bonds. The number of carboxylic acid groups (broad SMARTS) is 3. The lowest BCUT2D eigenvalue weighted by Gasteiger charge is -2.42. The predicted molar refractivity (Wildman–Crippen MR) is 152 cm³/mol. The van der Waals surface area contributed by atoms with Crippen LogP contribution in [0.4, 0.5) is 4.39 Å². The van der Waals surface area contributed by atoms with E-state index in [4.69, 9.17) is 29.9 Å². The molecule has 2 aromatic carbocycles. The summed E-state index contributed by atoms with van der Waals surface area (Å²) in [5.41, 5.74) is -1.71. The van der Waals surface area contributed by atoms with E-state index < -0.39 is 41.9 Å². The molecular weight excluding hydrogens is 567 g/mol. The number of carboxylic acids is 3. The number of likely N-dealkylation sites (tertiary alicyclic amines) is 1. The van der Waals surface area contributed by atoms with Crippen molar-refractivity contribution in [3.05, 3.63) is 59.4 Å². The summed E-state index contributed by atoms with van der Waals surface area (Å²) < 4.78 is 25.8. The number of aliphatic hydroxyl groups is 1. The van der Waals surface area contributed by atoms with E-state index in [0.717, 1.165) is 36.7 Å². The van der Waals surface area contributed by atoms with Crippen LogP contribution in [0.2, 0.25) is 0 Å².